The minimum Gasteiger partial charge on any atom is -0.368 e. The molecule has 0 spiro atoms. The summed E-state index contributed by atoms with van der Waals surface area (Å²) in [5.41, 5.74) is 0.620. The molecule has 1 N–H and O–H groups in total. The Morgan fingerprint density at radius 1 is 1.69 bits per heavy atom. The van der Waals surface area contributed by atoms with Crippen molar-refractivity contribution >= 4 is 17.6 Å². The smallest absolute Gasteiger partial charge is 0.143 e. The molecule has 0 radical (unpaired) electrons. The number of hydrogen-bond donors (Lipinski definition) is 1. The van der Waals surface area contributed by atoms with Gasteiger partial charge in [0.15, 0.2) is 0 Å². The fraction of sp³-hybridized carbons (Fsp3) is 0.500. The molecule has 1 atom stereocenters. The van der Waals surface area contributed by atoms with E-state index in [1.807, 2.05) is 11.8 Å². The standard InChI is InChI=1S/C12H15N3S/c1-12(5-3-7-16-12)9-15-11-10(8-13)4-2-6-14-11/h2,4,6H,3,5,7,9H2,1H3,(H,14,15). The number of aromatic nitrogens is 1. The molecule has 84 valence electrons. The summed E-state index contributed by atoms with van der Waals surface area (Å²) >= 11 is 2.00. The van der Waals surface area contributed by atoms with E-state index in [9.17, 15) is 0 Å². The zero-order chi connectivity index (χ0) is 11.4. The number of pyridine rings is 1. The lowest BCUT2D eigenvalue weighted by atomic mass is 10.1. The van der Waals surface area contributed by atoms with Crippen LogP contribution in [0.4, 0.5) is 5.82 Å². The normalized spacial score (nSPS) is 24.0. The van der Waals surface area contributed by atoms with E-state index >= 15 is 0 Å². The highest BCUT2D eigenvalue weighted by Gasteiger charge is 2.29. The van der Waals surface area contributed by atoms with E-state index in [1.165, 1.54) is 18.6 Å². The average molecular weight is 233 g/mol. The number of rotatable bonds is 3. The molecule has 0 aliphatic carbocycles. The van der Waals surface area contributed by atoms with Crippen LogP contribution in [0.25, 0.3) is 0 Å². The summed E-state index contributed by atoms with van der Waals surface area (Å²) in [5, 5.41) is 12.2. The zero-order valence-electron chi connectivity index (χ0n) is 9.36. The first-order chi connectivity index (χ1) is 7.73. The topological polar surface area (TPSA) is 48.7 Å². The molecule has 0 bridgehead atoms. The van der Waals surface area contributed by atoms with Gasteiger partial charge in [-0.25, -0.2) is 4.98 Å². The van der Waals surface area contributed by atoms with Gasteiger partial charge >= 0.3 is 0 Å². The summed E-state index contributed by atoms with van der Waals surface area (Å²) in [5.74, 6) is 1.95. The number of nitrogens with zero attached hydrogens (tertiary/aromatic N) is 2. The third kappa shape index (κ3) is 2.48. The minimum atomic E-state index is 0.296. The lowest BCUT2D eigenvalue weighted by Crippen LogP contribution is -2.27. The van der Waals surface area contributed by atoms with Crippen molar-refractivity contribution in [2.75, 3.05) is 17.6 Å². The zero-order valence-corrected chi connectivity index (χ0v) is 10.2. The molecular formula is C12H15N3S. The largest absolute Gasteiger partial charge is 0.368 e. The molecule has 1 aliphatic rings. The van der Waals surface area contributed by atoms with Crippen LogP contribution in [0.2, 0.25) is 0 Å². The van der Waals surface area contributed by atoms with E-state index < -0.39 is 0 Å². The van der Waals surface area contributed by atoms with Gasteiger partial charge in [-0.15, -0.1) is 0 Å². The molecule has 2 rings (SSSR count). The van der Waals surface area contributed by atoms with E-state index in [1.54, 1.807) is 18.3 Å². The Labute approximate surface area is 100 Å². The molecule has 0 saturated carbocycles. The van der Waals surface area contributed by atoms with Gasteiger partial charge in [0, 0.05) is 17.5 Å². The number of thioether (sulfide) groups is 1. The highest BCUT2D eigenvalue weighted by molar-refractivity contribution is 8.00. The predicted molar refractivity (Wildman–Crippen MR) is 67.5 cm³/mol. The maximum Gasteiger partial charge on any atom is 0.143 e. The first-order valence-electron chi connectivity index (χ1n) is 5.46. The molecule has 0 aromatic carbocycles. The Balaban J connectivity index is 2.02. The van der Waals surface area contributed by atoms with Crippen molar-refractivity contribution in [2.24, 2.45) is 0 Å². The van der Waals surface area contributed by atoms with Gasteiger partial charge in [-0.2, -0.15) is 17.0 Å². The van der Waals surface area contributed by atoms with E-state index in [4.69, 9.17) is 5.26 Å². The van der Waals surface area contributed by atoms with E-state index in [-0.39, 0.29) is 0 Å². The summed E-state index contributed by atoms with van der Waals surface area (Å²) in [6.07, 6.45) is 4.24. The predicted octanol–water partition coefficient (Wildman–Crippen LogP) is 2.65. The van der Waals surface area contributed by atoms with Gasteiger partial charge in [0.05, 0.1) is 5.56 Å². The van der Waals surface area contributed by atoms with Gasteiger partial charge < -0.3 is 5.32 Å². The van der Waals surface area contributed by atoms with Crippen molar-refractivity contribution in [1.82, 2.24) is 4.98 Å². The number of nitrogens with one attached hydrogen (secondary N) is 1. The molecular weight excluding hydrogens is 218 g/mol. The SMILES string of the molecule is CC1(CNc2ncccc2C#N)CCCS1. The molecule has 1 aromatic rings. The molecule has 1 unspecified atom stereocenters. The van der Waals surface area contributed by atoms with Crippen molar-refractivity contribution in [1.29, 1.82) is 5.26 Å². The number of nitriles is 1. The molecule has 16 heavy (non-hydrogen) atoms. The summed E-state index contributed by atoms with van der Waals surface area (Å²) < 4.78 is 0.296. The molecule has 1 aromatic heterocycles. The second-order valence-electron chi connectivity index (χ2n) is 4.27. The van der Waals surface area contributed by atoms with Crippen LogP contribution in [0.15, 0.2) is 18.3 Å². The molecule has 2 heterocycles. The number of hydrogen-bond acceptors (Lipinski definition) is 4. The third-order valence-electron chi connectivity index (χ3n) is 2.86. The Kier molecular flexibility index (Phi) is 3.35. The quantitative estimate of drug-likeness (QED) is 0.872. The fourth-order valence-electron chi connectivity index (χ4n) is 1.88. The fourth-order valence-corrected chi connectivity index (χ4v) is 3.13. The summed E-state index contributed by atoms with van der Waals surface area (Å²) in [7, 11) is 0. The molecule has 1 aliphatic heterocycles. The van der Waals surface area contributed by atoms with Gasteiger partial charge in [0.25, 0.3) is 0 Å². The van der Waals surface area contributed by atoms with E-state index in [0.717, 1.165) is 6.54 Å². The van der Waals surface area contributed by atoms with Crippen LogP contribution in [0.3, 0.4) is 0 Å². The van der Waals surface area contributed by atoms with Crippen molar-refractivity contribution < 1.29 is 0 Å². The van der Waals surface area contributed by atoms with Crippen LogP contribution in [-0.2, 0) is 0 Å². The molecule has 4 heteroatoms. The van der Waals surface area contributed by atoms with Crippen LogP contribution in [0.1, 0.15) is 25.3 Å². The van der Waals surface area contributed by atoms with Gasteiger partial charge in [-0.1, -0.05) is 0 Å². The van der Waals surface area contributed by atoms with Gasteiger partial charge in [0.2, 0.25) is 0 Å². The van der Waals surface area contributed by atoms with Crippen molar-refractivity contribution in [2.45, 2.75) is 24.5 Å². The third-order valence-corrected chi connectivity index (χ3v) is 4.40. The Bertz CT molecular complexity index is 405. The number of anilines is 1. The Hall–Kier alpha value is -1.21. The maximum absolute atomic E-state index is 8.94. The van der Waals surface area contributed by atoms with E-state index in [0.29, 0.717) is 16.1 Å². The molecule has 1 saturated heterocycles. The second-order valence-corrected chi connectivity index (χ2v) is 5.95. The lowest BCUT2D eigenvalue weighted by Gasteiger charge is -2.23. The van der Waals surface area contributed by atoms with Crippen molar-refractivity contribution in [3.05, 3.63) is 23.9 Å². The van der Waals surface area contributed by atoms with Crippen LogP contribution in [0, 0.1) is 11.3 Å². The maximum atomic E-state index is 8.94. The highest BCUT2D eigenvalue weighted by atomic mass is 32.2. The second kappa shape index (κ2) is 4.75. The van der Waals surface area contributed by atoms with Crippen LogP contribution in [-0.4, -0.2) is 22.0 Å². The molecule has 3 nitrogen and oxygen atoms in total. The summed E-state index contributed by atoms with van der Waals surface area (Å²) in [6, 6.07) is 5.73. The lowest BCUT2D eigenvalue weighted by molar-refractivity contribution is 0.633. The van der Waals surface area contributed by atoms with Crippen LogP contribution >= 0.6 is 11.8 Å². The van der Waals surface area contributed by atoms with Gasteiger partial charge in [-0.05, 0) is 37.7 Å². The molecule has 1 fully saturated rings. The summed E-state index contributed by atoms with van der Waals surface area (Å²) in [4.78, 5) is 4.20. The van der Waals surface area contributed by atoms with Gasteiger partial charge in [0.1, 0.15) is 11.9 Å². The van der Waals surface area contributed by atoms with Crippen LogP contribution in [0.5, 0.6) is 0 Å². The minimum absolute atomic E-state index is 0.296. The Morgan fingerprint density at radius 3 is 3.25 bits per heavy atom. The van der Waals surface area contributed by atoms with Crippen LogP contribution < -0.4 is 5.32 Å². The van der Waals surface area contributed by atoms with E-state index in [2.05, 4.69) is 23.3 Å². The highest BCUT2D eigenvalue weighted by Crippen LogP contribution is 2.37. The average Bonchev–Trinajstić information content (AvgIpc) is 2.74. The monoisotopic (exact) mass is 233 g/mol. The molecule has 0 amide bonds. The summed E-state index contributed by atoms with van der Waals surface area (Å²) in [6.45, 7) is 3.15. The first kappa shape index (κ1) is 11.3. The van der Waals surface area contributed by atoms with Gasteiger partial charge in [-0.3, -0.25) is 0 Å². The Morgan fingerprint density at radius 2 is 2.56 bits per heavy atom. The van der Waals surface area contributed by atoms with Crippen molar-refractivity contribution in [3.8, 4) is 6.07 Å². The first-order valence-corrected chi connectivity index (χ1v) is 6.45. The van der Waals surface area contributed by atoms with Crippen molar-refractivity contribution in [3.63, 3.8) is 0 Å².